The highest BCUT2D eigenvalue weighted by Crippen LogP contribution is 2.48. The zero-order valence-electron chi connectivity index (χ0n) is 28.6. The Morgan fingerprint density at radius 1 is 0.192 bits per heavy atom. The molecule has 0 amide bonds. The molecule has 0 bridgehead atoms. The SMILES string of the molecule is c1ccc(-c2ccc3c(-c4c5ccc(-c6ccccc6)cc5c(-c5ccc6ccccc6c5)c5ccc(-c6ccccc6)cc45)cccc3c2)cc1. The first kappa shape index (κ1) is 30.1. The molecule has 0 aliphatic rings. The summed E-state index contributed by atoms with van der Waals surface area (Å²) in [5, 5.41) is 9.99. The van der Waals surface area contributed by atoms with E-state index in [9.17, 15) is 0 Å². The highest BCUT2D eigenvalue weighted by Gasteiger charge is 2.20. The third-order valence-corrected chi connectivity index (χ3v) is 10.6. The van der Waals surface area contributed by atoms with Gasteiger partial charge in [0.25, 0.3) is 0 Å². The van der Waals surface area contributed by atoms with Gasteiger partial charge in [-0.05, 0) is 123 Å². The van der Waals surface area contributed by atoms with Crippen molar-refractivity contribution >= 4 is 43.1 Å². The van der Waals surface area contributed by atoms with Crippen LogP contribution < -0.4 is 0 Å². The molecule has 0 atom stereocenters. The molecule has 0 aliphatic carbocycles. The predicted molar refractivity (Wildman–Crippen MR) is 224 cm³/mol. The highest BCUT2D eigenvalue weighted by molar-refractivity contribution is 6.25. The van der Waals surface area contributed by atoms with Gasteiger partial charge in [-0.15, -0.1) is 0 Å². The van der Waals surface area contributed by atoms with Gasteiger partial charge >= 0.3 is 0 Å². The summed E-state index contributed by atoms with van der Waals surface area (Å²) in [7, 11) is 0. The Balaban J connectivity index is 1.33. The van der Waals surface area contributed by atoms with Crippen molar-refractivity contribution in [1.82, 2.24) is 0 Å². The molecule has 0 saturated carbocycles. The molecule has 0 radical (unpaired) electrons. The quantitative estimate of drug-likeness (QED) is 0.161. The molecule has 10 aromatic carbocycles. The minimum absolute atomic E-state index is 1.21. The molecule has 0 saturated heterocycles. The van der Waals surface area contributed by atoms with Crippen LogP contribution in [-0.2, 0) is 0 Å². The largest absolute Gasteiger partial charge is 0.0622 e. The second-order valence-electron chi connectivity index (χ2n) is 13.7. The van der Waals surface area contributed by atoms with Gasteiger partial charge in [-0.3, -0.25) is 0 Å². The molecule has 0 N–H and O–H groups in total. The average Bonchev–Trinajstić information content (AvgIpc) is 3.23. The first-order valence-corrected chi connectivity index (χ1v) is 18.0. The fourth-order valence-electron chi connectivity index (χ4n) is 8.11. The Morgan fingerprint density at radius 3 is 1.25 bits per heavy atom. The van der Waals surface area contributed by atoms with Crippen LogP contribution in [0.4, 0.5) is 0 Å². The number of fused-ring (bicyclic) bond motifs is 4. The van der Waals surface area contributed by atoms with Crippen LogP contribution in [0.5, 0.6) is 0 Å². The highest BCUT2D eigenvalue weighted by atomic mass is 14.2. The van der Waals surface area contributed by atoms with Gasteiger partial charge in [0.2, 0.25) is 0 Å². The molecule has 0 aliphatic heterocycles. The Bertz CT molecular complexity index is 2920. The summed E-state index contributed by atoms with van der Waals surface area (Å²) in [5.74, 6) is 0. The van der Waals surface area contributed by atoms with Crippen LogP contribution >= 0.6 is 0 Å². The van der Waals surface area contributed by atoms with E-state index in [2.05, 4.69) is 206 Å². The summed E-state index contributed by atoms with van der Waals surface area (Å²) < 4.78 is 0. The zero-order valence-corrected chi connectivity index (χ0v) is 28.6. The molecular weight excluding hydrogens is 625 g/mol. The summed E-state index contributed by atoms with van der Waals surface area (Å²) in [4.78, 5) is 0. The van der Waals surface area contributed by atoms with Gasteiger partial charge < -0.3 is 0 Å². The minimum Gasteiger partial charge on any atom is -0.0622 e. The topological polar surface area (TPSA) is 0 Å². The standard InChI is InChI=1S/C52H34/c1-4-13-35(14-5-1)40-25-28-45-43(31-40)21-12-22-46(45)52-48-30-27-41(36-15-6-2-7-16-36)33-49(48)51(44-24-23-38-19-10-11-20-39(38)32-44)47-29-26-42(34-50(47)52)37-17-8-3-9-18-37/h1-34H. The first-order chi connectivity index (χ1) is 25.8. The van der Waals surface area contributed by atoms with Crippen molar-refractivity contribution in [3.8, 4) is 55.6 Å². The Morgan fingerprint density at radius 2 is 0.635 bits per heavy atom. The summed E-state index contributed by atoms with van der Waals surface area (Å²) in [6.45, 7) is 0. The second kappa shape index (κ2) is 12.5. The van der Waals surface area contributed by atoms with Crippen LogP contribution in [0.2, 0.25) is 0 Å². The van der Waals surface area contributed by atoms with Crippen molar-refractivity contribution in [3.63, 3.8) is 0 Å². The van der Waals surface area contributed by atoms with E-state index < -0.39 is 0 Å². The van der Waals surface area contributed by atoms with Crippen LogP contribution in [0, 0.1) is 0 Å². The average molecular weight is 659 g/mol. The Kier molecular flexibility index (Phi) is 7.25. The molecule has 242 valence electrons. The number of benzene rings is 10. The molecule has 52 heavy (non-hydrogen) atoms. The van der Waals surface area contributed by atoms with Gasteiger partial charge in [-0.25, -0.2) is 0 Å². The first-order valence-electron chi connectivity index (χ1n) is 18.0. The maximum Gasteiger partial charge on any atom is -0.00199 e. The Hall–Kier alpha value is -6.76. The summed E-state index contributed by atoms with van der Waals surface area (Å²) >= 11 is 0. The zero-order chi connectivity index (χ0) is 34.4. The van der Waals surface area contributed by atoms with E-state index in [0.717, 1.165) is 0 Å². The van der Waals surface area contributed by atoms with Gasteiger partial charge in [-0.1, -0.05) is 182 Å². The van der Waals surface area contributed by atoms with Crippen LogP contribution in [0.25, 0.3) is 98.7 Å². The molecular formula is C52H34. The van der Waals surface area contributed by atoms with Gasteiger partial charge in [0, 0.05) is 0 Å². The summed E-state index contributed by atoms with van der Waals surface area (Å²) in [5.41, 5.74) is 12.3. The smallest absolute Gasteiger partial charge is 0.00199 e. The number of hydrogen-bond donors (Lipinski definition) is 0. The lowest BCUT2D eigenvalue weighted by molar-refractivity contribution is 1.62. The van der Waals surface area contributed by atoms with E-state index >= 15 is 0 Å². The van der Waals surface area contributed by atoms with E-state index in [1.807, 2.05) is 0 Å². The van der Waals surface area contributed by atoms with Crippen molar-refractivity contribution < 1.29 is 0 Å². The summed E-state index contributed by atoms with van der Waals surface area (Å²) in [6.07, 6.45) is 0. The van der Waals surface area contributed by atoms with E-state index in [4.69, 9.17) is 0 Å². The number of hydrogen-bond acceptors (Lipinski definition) is 0. The molecule has 0 nitrogen and oxygen atoms in total. The van der Waals surface area contributed by atoms with Crippen molar-refractivity contribution in [3.05, 3.63) is 206 Å². The molecule has 0 fully saturated rings. The molecule has 0 spiro atoms. The molecule has 10 aromatic rings. The molecule has 10 rings (SSSR count). The molecule has 0 heteroatoms. The third kappa shape index (κ3) is 5.16. The molecule has 0 aromatic heterocycles. The molecule has 0 heterocycles. The van der Waals surface area contributed by atoms with Gasteiger partial charge in [0.05, 0.1) is 0 Å². The molecule has 0 unspecified atom stereocenters. The van der Waals surface area contributed by atoms with E-state index in [0.29, 0.717) is 0 Å². The van der Waals surface area contributed by atoms with Gasteiger partial charge in [0.15, 0.2) is 0 Å². The van der Waals surface area contributed by atoms with E-state index in [1.165, 1.54) is 98.7 Å². The predicted octanol–water partition coefficient (Wildman–Crippen LogP) is 14.6. The lowest BCUT2D eigenvalue weighted by atomic mass is 9.82. The van der Waals surface area contributed by atoms with Crippen LogP contribution in [-0.4, -0.2) is 0 Å². The third-order valence-electron chi connectivity index (χ3n) is 10.6. The summed E-state index contributed by atoms with van der Waals surface area (Å²) in [6, 6.07) is 75.7. The van der Waals surface area contributed by atoms with Gasteiger partial charge in [0.1, 0.15) is 0 Å². The van der Waals surface area contributed by atoms with Gasteiger partial charge in [-0.2, -0.15) is 0 Å². The lowest BCUT2D eigenvalue weighted by Gasteiger charge is -2.21. The Labute approximate surface area is 303 Å². The van der Waals surface area contributed by atoms with Crippen molar-refractivity contribution in [1.29, 1.82) is 0 Å². The fourth-order valence-corrected chi connectivity index (χ4v) is 8.11. The van der Waals surface area contributed by atoms with Crippen LogP contribution in [0.1, 0.15) is 0 Å². The van der Waals surface area contributed by atoms with Crippen molar-refractivity contribution in [2.24, 2.45) is 0 Å². The monoisotopic (exact) mass is 658 g/mol. The van der Waals surface area contributed by atoms with Crippen LogP contribution in [0.3, 0.4) is 0 Å². The van der Waals surface area contributed by atoms with Crippen molar-refractivity contribution in [2.45, 2.75) is 0 Å². The fraction of sp³-hybridized carbons (Fsp3) is 0. The number of rotatable bonds is 5. The lowest BCUT2D eigenvalue weighted by Crippen LogP contribution is -1.93. The second-order valence-corrected chi connectivity index (χ2v) is 13.7. The minimum atomic E-state index is 1.21. The van der Waals surface area contributed by atoms with Crippen molar-refractivity contribution in [2.75, 3.05) is 0 Å². The van der Waals surface area contributed by atoms with Crippen LogP contribution in [0.15, 0.2) is 206 Å². The maximum atomic E-state index is 2.42. The van der Waals surface area contributed by atoms with E-state index in [1.54, 1.807) is 0 Å². The maximum absolute atomic E-state index is 2.42. The normalized spacial score (nSPS) is 11.5. The van der Waals surface area contributed by atoms with E-state index in [-0.39, 0.29) is 0 Å².